The molecule has 0 bridgehead atoms. The third-order valence-electron chi connectivity index (χ3n) is 5.77. The van der Waals surface area contributed by atoms with Gasteiger partial charge < -0.3 is 35.1 Å². The largest absolute Gasteiger partial charge is 0.493 e. The number of thiazole rings is 1. The summed E-state index contributed by atoms with van der Waals surface area (Å²) in [7, 11) is 4.60. The molecule has 13 heteroatoms. The number of carbonyl (C=O) groups excluding carboxylic acids is 2. The Morgan fingerprint density at radius 3 is 2.35 bits per heavy atom. The summed E-state index contributed by atoms with van der Waals surface area (Å²) in [6.07, 6.45) is 0.172. The van der Waals surface area contributed by atoms with Crippen LogP contribution in [0.1, 0.15) is 25.8 Å². The second-order valence-corrected chi connectivity index (χ2v) is 10.2. The molecule has 0 aliphatic heterocycles. The Hall–Kier alpha value is -4.65. The number of aromatic nitrogens is 3. The first-order valence-electron chi connectivity index (χ1n) is 12.3. The Morgan fingerprint density at radius 1 is 1.02 bits per heavy atom. The van der Waals surface area contributed by atoms with Crippen molar-refractivity contribution < 1.29 is 28.3 Å². The molecule has 4 N–H and O–H groups in total. The number of nitrogen functional groups attached to an aromatic ring is 1. The lowest BCUT2D eigenvalue weighted by Gasteiger charge is -2.14. The van der Waals surface area contributed by atoms with E-state index >= 15 is 0 Å². The summed E-state index contributed by atoms with van der Waals surface area (Å²) < 4.78 is 21.7. The molecule has 2 heterocycles. The topological polar surface area (TPSA) is 164 Å². The monoisotopic (exact) mass is 566 g/mol. The van der Waals surface area contributed by atoms with Gasteiger partial charge >= 0.3 is 0 Å². The number of aryl methyl sites for hydroxylation is 1. The predicted octanol–water partition coefficient (Wildman–Crippen LogP) is 5.07. The molecule has 2 aromatic carbocycles. The predicted molar refractivity (Wildman–Crippen MR) is 152 cm³/mol. The third-order valence-corrected chi connectivity index (χ3v) is 6.75. The van der Waals surface area contributed by atoms with Crippen LogP contribution in [0, 0.1) is 12.8 Å². The maximum Gasteiger partial charge on any atom is 0.291 e. The van der Waals surface area contributed by atoms with Gasteiger partial charge in [-0.2, -0.15) is 4.98 Å². The Kier molecular flexibility index (Phi) is 8.53. The molecule has 0 unspecified atom stereocenters. The van der Waals surface area contributed by atoms with Crippen LogP contribution in [0.25, 0.3) is 22.2 Å². The van der Waals surface area contributed by atoms with E-state index in [-0.39, 0.29) is 24.0 Å². The van der Waals surface area contributed by atoms with Crippen LogP contribution in [-0.4, -0.2) is 48.1 Å². The number of nitrogens with two attached hydrogens (primary N) is 1. The molecule has 0 fully saturated rings. The van der Waals surface area contributed by atoms with E-state index in [1.807, 2.05) is 20.8 Å². The number of rotatable bonds is 11. The quantitative estimate of drug-likeness (QED) is 0.208. The second-order valence-electron chi connectivity index (χ2n) is 9.20. The molecule has 0 radical (unpaired) electrons. The Morgan fingerprint density at radius 2 is 1.73 bits per heavy atom. The molecular formula is C27H30N6O6S. The number of Topliss-reactive ketones (excluding diaryl/α,β-unsaturated/α-hetero) is 1. The van der Waals surface area contributed by atoms with Crippen LogP contribution >= 0.6 is 11.3 Å². The van der Waals surface area contributed by atoms with Gasteiger partial charge in [0.2, 0.25) is 17.4 Å². The highest BCUT2D eigenvalue weighted by Gasteiger charge is 2.21. The Bertz CT molecular complexity index is 1520. The second kappa shape index (κ2) is 12.0. The zero-order valence-corrected chi connectivity index (χ0v) is 23.8. The number of hydrogen-bond donors (Lipinski definition) is 3. The van der Waals surface area contributed by atoms with Gasteiger partial charge in [-0.1, -0.05) is 36.4 Å². The molecule has 0 saturated carbocycles. The van der Waals surface area contributed by atoms with E-state index in [1.54, 1.807) is 30.3 Å². The van der Waals surface area contributed by atoms with Crippen LogP contribution < -0.4 is 30.6 Å². The van der Waals surface area contributed by atoms with Gasteiger partial charge in [-0.15, -0.1) is 0 Å². The number of ether oxygens (including phenoxy) is 3. The van der Waals surface area contributed by atoms with Gasteiger partial charge in [0.15, 0.2) is 16.6 Å². The summed E-state index contributed by atoms with van der Waals surface area (Å²) >= 11 is 1.23. The number of nitrogens with zero attached hydrogens (tertiary/aromatic N) is 3. The molecule has 12 nitrogen and oxygen atoms in total. The molecule has 40 heavy (non-hydrogen) atoms. The zero-order valence-electron chi connectivity index (χ0n) is 22.9. The van der Waals surface area contributed by atoms with E-state index in [0.717, 1.165) is 5.56 Å². The van der Waals surface area contributed by atoms with Crippen LogP contribution in [0.2, 0.25) is 0 Å². The van der Waals surface area contributed by atoms with Crippen molar-refractivity contribution in [3.05, 3.63) is 35.9 Å². The van der Waals surface area contributed by atoms with Crippen LogP contribution in [-0.2, 0) is 9.59 Å². The number of ketones is 1. The molecule has 210 valence electrons. The summed E-state index contributed by atoms with van der Waals surface area (Å²) in [5, 5.41) is 10.4. The highest BCUT2D eigenvalue weighted by atomic mass is 32.1. The number of amides is 1. The summed E-state index contributed by atoms with van der Waals surface area (Å²) in [5.74, 6) is 1.06. The summed E-state index contributed by atoms with van der Waals surface area (Å²) in [6.45, 7) is 5.64. The molecule has 4 rings (SSSR count). The lowest BCUT2D eigenvalue weighted by molar-refractivity contribution is -0.135. The van der Waals surface area contributed by atoms with E-state index in [0.29, 0.717) is 50.0 Å². The number of benzene rings is 2. The van der Waals surface area contributed by atoms with Crippen molar-refractivity contribution in [3.63, 3.8) is 0 Å². The molecule has 0 atom stereocenters. The molecule has 1 amide bonds. The third kappa shape index (κ3) is 6.15. The van der Waals surface area contributed by atoms with Gasteiger partial charge in [-0.05, 0) is 30.5 Å². The molecule has 0 aliphatic rings. The van der Waals surface area contributed by atoms with Gasteiger partial charge in [-0.3, -0.25) is 9.59 Å². The highest BCUT2D eigenvalue weighted by Crippen LogP contribution is 2.42. The van der Waals surface area contributed by atoms with Gasteiger partial charge in [0.1, 0.15) is 10.7 Å². The lowest BCUT2D eigenvalue weighted by atomic mass is 10.1. The van der Waals surface area contributed by atoms with Crippen molar-refractivity contribution in [1.82, 2.24) is 15.1 Å². The summed E-state index contributed by atoms with van der Waals surface area (Å²) in [4.78, 5) is 33.8. The first kappa shape index (κ1) is 28.4. The van der Waals surface area contributed by atoms with Crippen LogP contribution in [0.15, 0.2) is 34.9 Å². The van der Waals surface area contributed by atoms with Crippen LogP contribution in [0.5, 0.6) is 17.2 Å². The van der Waals surface area contributed by atoms with Crippen molar-refractivity contribution in [2.45, 2.75) is 27.2 Å². The van der Waals surface area contributed by atoms with Gasteiger partial charge in [0, 0.05) is 35.5 Å². The summed E-state index contributed by atoms with van der Waals surface area (Å²) in [6, 6.07) is 8.69. The minimum Gasteiger partial charge on any atom is -0.493 e. The van der Waals surface area contributed by atoms with Crippen molar-refractivity contribution in [3.8, 4) is 39.4 Å². The van der Waals surface area contributed by atoms with Crippen molar-refractivity contribution in [2.75, 3.05) is 37.7 Å². The Balaban J connectivity index is 1.56. The number of anilines is 4. The minimum absolute atomic E-state index is 0.0846. The van der Waals surface area contributed by atoms with Gasteiger partial charge in [-0.25, -0.2) is 4.98 Å². The fourth-order valence-corrected chi connectivity index (χ4v) is 4.67. The minimum atomic E-state index is -0.665. The molecule has 0 saturated heterocycles. The molecular weight excluding hydrogens is 536 g/mol. The lowest BCUT2D eigenvalue weighted by Crippen LogP contribution is -2.23. The van der Waals surface area contributed by atoms with Gasteiger partial charge in [0.05, 0.1) is 21.3 Å². The van der Waals surface area contributed by atoms with E-state index in [4.69, 9.17) is 24.5 Å². The summed E-state index contributed by atoms with van der Waals surface area (Å²) in [5.41, 5.74) is 8.75. The maximum atomic E-state index is 12.3. The molecule has 0 spiro atoms. The zero-order chi connectivity index (χ0) is 29.0. The SMILES string of the molecule is COc1cc(Nc2nc(N)c(-c3nc(-c4cc(NC(=O)C(=O)CC(C)C)ccc4C)no3)s2)cc(OC)c1OC. The van der Waals surface area contributed by atoms with E-state index in [9.17, 15) is 9.59 Å². The van der Waals surface area contributed by atoms with E-state index in [2.05, 4.69) is 25.8 Å². The fourth-order valence-electron chi connectivity index (χ4n) is 3.85. The normalized spacial score (nSPS) is 10.9. The van der Waals surface area contributed by atoms with Crippen molar-refractivity contribution in [1.29, 1.82) is 0 Å². The molecule has 2 aromatic heterocycles. The first-order valence-corrected chi connectivity index (χ1v) is 13.1. The van der Waals surface area contributed by atoms with Gasteiger partial charge in [0.25, 0.3) is 11.8 Å². The Labute approximate surface area is 234 Å². The maximum absolute atomic E-state index is 12.3. The highest BCUT2D eigenvalue weighted by molar-refractivity contribution is 7.19. The van der Waals surface area contributed by atoms with Crippen molar-refractivity contribution in [2.24, 2.45) is 5.92 Å². The smallest absolute Gasteiger partial charge is 0.291 e. The van der Waals surface area contributed by atoms with Crippen LogP contribution in [0.3, 0.4) is 0 Å². The number of carbonyl (C=O) groups is 2. The van der Waals surface area contributed by atoms with E-state index < -0.39 is 11.7 Å². The average molecular weight is 567 g/mol. The van der Waals surface area contributed by atoms with Crippen molar-refractivity contribution >= 4 is 45.4 Å². The molecule has 0 aliphatic carbocycles. The number of hydrogen-bond acceptors (Lipinski definition) is 12. The standard InChI is InChI=1S/C27H30N6O6S/c1-13(2)9-18(34)25(35)29-15-8-7-14(3)17(10-15)24-32-26(39-33-24)22-23(28)31-27(40-22)30-16-11-19(36-4)21(38-6)20(12-16)37-5/h7-8,10-13H,9,28H2,1-6H3,(H,29,35)(H,30,31). The first-order chi connectivity index (χ1) is 19.1. The fraction of sp³-hybridized carbons (Fsp3) is 0.296. The van der Waals surface area contributed by atoms with E-state index in [1.165, 1.54) is 32.7 Å². The molecule has 4 aromatic rings. The number of nitrogens with one attached hydrogen (secondary N) is 2. The average Bonchev–Trinajstić information content (AvgIpc) is 3.55. The van der Waals surface area contributed by atoms with Crippen LogP contribution in [0.4, 0.5) is 22.3 Å². The number of methoxy groups -OCH3 is 3.